The van der Waals surface area contributed by atoms with Crippen molar-refractivity contribution in [3.63, 3.8) is 0 Å². The van der Waals surface area contributed by atoms with E-state index in [9.17, 15) is 0 Å². The number of hydrogen-bond donors (Lipinski definition) is 6. The number of aromatic nitrogens is 1. The normalized spacial score (nSPS) is 30.2. The molecule has 1 aromatic rings. The van der Waals surface area contributed by atoms with Gasteiger partial charge in [-0.2, -0.15) is 4.98 Å². The molecule has 10 N–H and O–H groups in total. The molecule has 0 bridgehead atoms. The molecule has 0 radical (unpaired) electrons. The van der Waals surface area contributed by atoms with Gasteiger partial charge < -0.3 is 32.3 Å². The Hall–Kier alpha value is -2.36. The van der Waals surface area contributed by atoms with Crippen molar-refractivity contribution in [2.45, 2.75) is 24.8 Å². The van der Waals surface area contributed by atoms with Crippen molar-refractivity contribution in [1.29, 1.82) is 0 Å². The summed E-state index contributed by atoms with van der Waals surface area (Å²) in [7, 11) is 0. The zero-order valence-corrected chi connectivity index (χ0v) is 15.2. The van der Waals surface area contributed by atoms with E-state index >= 15 is 0 Å². The summed E-state index contributed by atoms with van der Waals surface area (Å²) in [6.07, 6.45) is 4.26. The minimum absolute atomic E-state index is 0.218. The van der Waals surface area contributed by atoms with Gasteiger partial charge in [0.15, 0.2) is 0 Å². The van der Waals surface area contributed by atoms with Crippen molar-refractivity contribution < 1.29 is 9.73 Å². The molecular formula is C18H27N8O+. The fraction of sp³-hybridized carbons (Fsp3) is 0.556. The molecule has 4 unspecified atom stereocenters. The Morgan fingerprint density at radius 2 is 2.22 bits per heavy atom. The minimum Gasteiger partial charge on any atom is -0.428 e. The summed E-state index contributed by atoms with van der Waals surface area (Å²) in [5, 5.41) is 9.02. The van der Waals surface area contributed by atoms with Gasteiger partial charge >= 0.3 is 0 Å². The maximum atomic E-state index is 6.72. The summed E-state index contributed by atoms with van der Waals surface area (Å²) in [4.78, 5) is 8.68. The first-order valence-corrected chi connectivity index (χ1v) is 9.67. The number of rotatable bonds is 5. The highest BCUT2D eigenvalue weighted by Gasteiger charge is 2.50. The van der Waals surface area contributed by atoms with Crippen molar-refractivity contribution in [2.75, 3.05) is 32.0 Å². The maximum Gasteiger partial charge on any atom is 0.292 e. The van der Waals surface area contributed by atoms with E-state index in [0.29, 0.717) is 30.3 Å². The fourth-order valence-electron chi connectivity index (χ4n) is 4.57. The number of nitrogen functional groups attached to an aromatic ring is 1. The monoisotopic (exact) mass is 371 g/mol. The number of quaternary nitrogens is 1. The quantitative estimate of drug-likeness (QED) is 0.363. The van der Waals surface area contributed by atoms with Crippen LogP contribution in [0.3, 0.4) is 0 Å². The average molecular weight is 371 g/mol. The molecule has 9 nitrogen and oxygen atoms in total. The van der Waals surface area contributed by atoms with Crippen LogP contribution >= 0.6 is 0 Å². The number of anilines is 1. The number of oxazole rings is 1. The van der Waals surface area contributed by atoms with Gasteiger partial charge in [-0.05, 0) is 37.0 Å². The molecular weight excluding hydrogens is 344 g/mol. The van der Waals surface area contributed by atoms with Gasteiger partial charge in [0.2, 0.25) is 5.82 Å². The van der Waals surface area contributed by atoms with Crippen molar-refractivity contribution in [2.24, 2.45) is 28.3 Å². The van der Waals surface area contributed by atoms with Gasteiger partial charge in [-0.15, -0.1) is 0 Å². The molecule has 0 amide bonds. The highest BCUT2D eigenvalue weighted by Crippen LogP contribution is 2.57. The molecule has 0 spiro atoms. The van der Waals surface area contributed by atoms with Crippen LogP contribution in [0.25, 0.3) is 6.08 Å². The van der Waals surface area contributed by atoms with E-state index in [2.05, 4.69) is 25.9 Å². The number of hydrogen-bond acceptors (Lipinski definition) is 8. The van der Waals surface area contributed by atoms with E-state index in [-0.39, 0.29) is 12.1 Å². The van der Waals surface area contributed by atoms with Crippen molar-refractivity contribution in [3.05, 3.63) is 28.4 Å². The van der Waals surface area contributed by atoms with Gasteiger partial charge in [0.25, 0.3) is 6.01 Å². The van der Waals surface area contributed by atoms with Crippen LogP contribution in [0.5, 0.6) is 0 Å². The lowest BCUT2D eigenvalue weighted by Gasteiger charge is -2.25. The van der Waals surface area contributed by atoms with E-state index in [0.717, 1.165) is 54.5 Å². The zero-order valence-electron chi connectivity index (χ0n) is 15.2. The topological polar surface area (TPSA) is 157 Å². The number of nitrogens with two attached hydrogens (primary N) is 4. The van der Waals surface area contributed by atoms with E-state index in [1.54, 1.807) is 0 Å². The lowest BCUT2D eigenvalue weighted by Crippen LogP contribution is -2.87. The molecule has 2 aliphatic heterocycles. The van der Waals surface area contributed by atoms with Crippen LogP contribution in [-0.2, 0) is 0 Å². The van der Waals surface area contributed by atoms with Crippen LogP contribution in [0.15, 0.2) is 26.4 Å². The Labute approximate surface area is 157 Å². The Balaban J connectivity index is 1.43. The van der Waals surface area contributed by atoms with Gasteiger partial charge in [0.1, 0.15) is 24.0 Å². The first kappa shape index (κ1) is 16.8. The number of aliphatic imine (C=N–C) groups is 1. The average Bonchev–Trinajstić information content (AvgIpc) is 3.09. The van der Waals surface area contributed by atoms with Gasteiger partial charge in [-0.25, -0.2) is 4.99 Å². The van der Waals surface area contributed by atoms with Gasteiger partial charge in [-0.1, -0.05) is 0 Å². The van der Waals surface area contributed by atoms with Gasteiger partial charge in [-0.3, -0.25) is 5.32 Å². The second-order valence-corrected chi connectivity index (χ2v) is 7.88. The molecule has 3 heterocycles. The number of amidine groups is 1. The predicted molar refractivity (Wildman–Crippen MR) is 102 cm³/mol. The largest absolute Gasteiger partial charge is 0.428 e. The lowest BCUT2D eigenvalue weighted by atomic mass is 9.89. The number of nitrogens with zero attached hydrogens (tertiary/aromatic N) is 2. The first-order chi connectivity index (χ1) is 13.1. The van der Waals surface area contributed by atoms with Crippen LogP contribution in [0.2, 0.25) is 0 Å². The molecule has 4 atom stereocenters. The Morgan fingerprint density at radius 3 is 3.04 bits per heavy atom. The van der Waals surface area contributed by atoms with Crippen LogP contribution < -0.4 is 33.2 Å². The van der Waals surface area contributed by atoms with Crippen LogP contribution in [-0.4, -0.2) is 43.2 Å². The Bertz CT molecular complexity index is 848. The summed E-state index contributed by atoms with van der Waals surface area (Å²) >= 11 is 0. The third kappa shape index (κ3) is 2.91. The highest BCUT2D eigenvalue weighted by molar-refractivity contribution is 5.99. The third-order valence-electron chi connectivity index (χ3n) is 6.13. The van der Waals surface area contributed by atoms with Gasteiger partial charge in [0.05, 0.1) is 18.2 Å². The molecule has 1 saturated carbocycles. The molecule has 27 heavy (non-hydrogen) atoms. The van der Waals surface area contributed by atoms with Crippen LogP contribution in [0, 0.1) is 11.8 Å². The smallest absolute Gasteiger partial charge is 0.292 e. The SMILES string of the molecule is NC1=NCNC([NH2+]CC2CCNC2)=C1C(N)C1=Cc2nc(N)oc2C2CC12. The Morgan fingerprint density at radius 1 is 1.33 bits per heavy atom. The summed E-state index contributed by atoms with van der Waals surface area (Å²) in [6, 6.07) is -0.0916. The molecule has 144 valence electrons. The highest BCUT2D eigenvalue weighted by atomic mass is 16.4. The Kier molecular flexibility index (Phi) is 3.96. The molecule has 2 fully saturated rings. The number of fused-ring (bicyclic) bond motifs is 3. The summed E-state index contributed by atoms with van der Waals surface area (Å²) in [5.41, 5.74) is 21.6. The molecule has 1 saturated heterocycles. The maximum absolute atomic E-state index is 6.72. The second kappa shape index (κ2) is 6.36. The van der Waals surface area contributed by atoms with Crippen LogP contribution in [0.4, 0.5) is 6.01 Å². The van der Waals surface area contributed by atoms with Crippen molar-refractivity contribution in [3.8, 4) is 0 Å². The van der Waals surface area contributed by atoms with Crippen molar-refractivity contribution in [1.82, 2.24) is 15.6 Å². The van der Waals surface area contributed by atoms with E-state index < -0.39 is 0 Å². The van der Waals surface area contributed by atoms with Gasteiger partial charge in [0, 0.05) is 18.4 Å². The van der Waals surface area contributed by atoms with E-state index in [1.807, 2.05) is 6.08 Å². The lowest BCUT2D eigenvalue weighted by molar-refractivity contribution is -0.618. The number of nitrogens with one attached hydrogen (secondary N) is 2. The summed E-state index contributed by atoms with van der Waals surface area (Å²) < 4.78 is 5.57. The summed E-state index contributed by atoms with van der Waals surface area (Å²) in [6.45, 7) is 3.67. The molecule has 4 aliphatic rings. The zero-order chi connectivity index (χ0) is 18.5. The molecule has 1 aromatic heterocycles. The third-order valence-corrected chi connectivity index (χ3v) is 6.13. The first-order valence-electron chi connectivity index (χ1n) is 9.67. The van der Waals surface area contributed by atoms with E-state index in [4.69, 9.17) is 21.6 Å². The molecule has 9 heteroatoms. The standard InChI is InChI=1S/C18H26N8O/c19-14(10-4-12-15(11-3-9(10)11)27-18(21)26-12)13-16(20)24-7-25-17(13)23-6-8-1-2-22-5-8/h4,8-9,11,14,22-23,25H,1-3,5-7,19H2,(H2,20,24)(H2,21,26)/p+1. The predicted octanol–water partition coefficient (Wildman–Crippen LogP) is -1.61. The fourth-order valence-corrected chi connectivity index (χ4v) is 4.57. The van der Waals surface area contributed by atoms with Crippen molar-refractivity contribution >= 4 is 17.9 Å². The molecule has 2 aliphatic carbocycles. The summed E-state index contributed by atoms with van der Waals surface area (Å²) in [5.74, 6) is 3.82. The second-order valence-electron chi connectivity index (χ2n) is 7.88. The van der Waals surface area contributed by atoms with Crippen LogP contribution in [0.1, 0.15) is 30.2 Å². The minimum atomic E-state index is -0.310. The molecule has 0 aromatic carbocycles. The molecule has 5 rings (SSSR count). The van der Waals surface area contributed by atoms with E-state index in [1.165, 1.54) is 6.42 Å².